The van der Waals surface area contributed by atoms with E-state index >= 15 is 0 Å². The summed E-state index contributed by atoms with van der Waals surface area (Å²) in [5.41, 5.74) is 12.8. The molecule has 2 heterocycles. The van der Waals surface area contributed by atoms with Crippen LogP contribution < -0.4 is 10.5 Å². The van der Waals surface area contributed by atoms with E-state index in [1.807, 2.05) is 0 Å². The zero-order valence-corrected chi connectivity index (χ0v) is 17.1. The van der Waals surface area contributed by atoms with Crippen molar-refractivity contribution in [1.82, 2.24) is 9.88 Å². The van der Waals surface area contributed by atoms with Gasteiger partial charge in [0.1, 0.15) is 12.4 Å². The maximum atomic E-state index is 6.40. The molecule has 4 nitrogen and oxygen atoms in total. The molecule has 3 aromatic rings. The molecule has 29 heavy (non-hydrogen) atoms. The van der Waals surface area contributed by atoms with Crippen LogP contribution in [0.2, 0.25) is 0 Å². The second-order valence-corrected chi connectivity index (χ2v) is 8.63. The van der Waals surface area contributed by atoms with Crippen LogP contribution in [0, 0.1) is 0 Å². The summed E-state index contributed by atoms with van der Waals surface area (Å²) in [6.45, 7) is 3.70. The van der Waals surface area contributed by atoms with E-state index in [1.165, 1.54) is 52.5 Å². The number of benzene rings is 2. The Morgan fingerprint density at radius 2 is 1.83 bits per heavy atom. The lowest BCUT2D eigenvalue weighted by molar-refractivity contribution is 0.204. The van der Waals surface area contributed by atoms with Crippen LogP contribution in [0.15, 0.2) is 42.5 Å². The van der Waals surface area contributed by atoms with E-state index < -0.39 is 0 Å². The van der Waals surface area contributed by atoms with Crippen molar-refractivity contribution in [3.05, 3.63) is 64.8 Å². The zero-order valence-electron chi connectivity index (χ0n) is 17.1. The summed E-state index contributed by atoms with van der Waals surface area (Å²) < 4.78 is 6.40. The Morgan fingerprint density at radius 3 is 2.72 bits per heavy atom. The lowest BCUT2D eigenvalue weighted by atomic mass is 9.91. The number of likely N-dealkylation sites (tertiary alicyclic amines) is 1. The van der Waals surface area contributed by atoms with E-state index in [-0.39, 0.29) is 0 Å². The van der Waals surface area contributed by atoms with Crippen LogP contribution in [0.3, 0.4) is 0 Å². The fraction of sp³-hybridized carbons (Fsp3) is 0.440. The van der Waals surface area contributed by atoms with Crippen LogP contribution >= 0.6 is 0 Å². The minimum Gasteiger partial charge on any atom is -0.487 e. The first kappa shape index (κ1) is 18.7. The third kappa shape index (κ3) is 3.92. The largest absolute Gasteiger partial charge is 0.487 e. The molecule has 0 unspecified atom stereocenters. The van der Waals surface area contributed by atoms with Gasteiger partial charge in [-0.3, -0.25) is 4.90 Å². The summed E-state index contributed by atoms with van der Waals surface area (Å²) in [5.74, 6) is 1.07. The Labute approximate surface area is 173 Å². The number of aryl methyl sites for hydroxylation is 1. The zero-order chi connectivity index (χ0) is 19.6. The van der Waals surface area contributed by atoms with E-state index in [1.54, 1.807) is 0 Å². The molecule has 1 aliphatic heterocycles. The van der Waals surface area contributed by atoms with Crippen molar-refractivity contribution in [2.75, 3.05) is 13.1 Å². The molecular formula is C25H31N3O. The smallest absolute Gasteiger partial charge is 0.128 e. The molecule has 152 valence electrons. The van der Waals surface area contributed by atoms with Gasteiger partial charge in [-0.05, 0) is 80.4 Å². The number of nitrogens with zero attached hydrogens (tertiary/aromatic N) is 1. The van der Waals surface area contributed by atoms with E-state index in [4.69, 9.17) is 10.5 Å². The van der Waals surface area contributed by atoms with E-state index in [2.05, 4.69) is 52.3 Å². The molecule has 0 bridgehead atoms. The number of hydrogen-bond donors (Lipinski definition) is 2. The molecule has 2 aromatic carbocycles. The Hall–Kier alpha value is -2.30. The van der Waals surface area contributed by atoms with Gasteiger partial charge in [-0.15, -0.1) is 0 Å². The Bertz CT molecular complexity index is 985. The van der Waals surface area contributed by atoms with Gasteiger partial charge in [0.15, 0.2) is 0 Å². The summed E-state index contributed by atoms with van der Waals surface area (Å²) in [6.07, 6.45) is 7.05. The third-order valence-corrected chi connectivity index (χ3v) is 6.64. The van der Waals surface area contributed by atoms with Gasteiger partial charge in [-0.25, -0.2) is 0 Å². The molecular weight excluding hydrogens is 358 g/mol. The number of para-hydroxylation sites is 1. The first-order valence-corrected chi connectivity index (χ1v) is 11.1. The van der Waals surface area contributed by atoms with Crippen LogP contribution in [-0.4, -0.2) is 29.0 Å². The number of nitrogens with two attached hydrogens (primary N) is 1. The Morgan fingerprint density at radius 1 is 1.00 bits per heavy atom. The van der Waals surface area contributed by atoms with Crippen LogP contribution in [-0.2, 0) is 26.0 Å². The van der Waals surface area contributed by atoms with Crippen molar-refractivity contribution < 1.29 is 4.74 Å². The molecule has 1 saturated heterocycles. The topological polar surface area (TPSA) is 54.3 Å². The average Bonchev–Trinajstić information content (AvgIpc) is 3.11. The molecule has 3 N–H and O–H groups in total. The van der Waals surface area contributed by atoms with E-state index in [0.717, 1.165) is 44.6 Å². The lowest BCUT2D eigenvalue weighted by Crippen LogP contribution is -2.39. The number of fused-ring (bicyclic) bond motifs is 2. The Balaban J connectivity index is 1.40. The SMILES string of the molecule is NC1CCN(Cc2c(COc3cccc4c3CCCC4)[nH]c3ccccc23)CC1. The second kappa shape index (κ2) is 8.21. The molecule has 0 radical (unpaired) electrons. The molecule has 2 aliphatic rings. The molecule has 5 rings (SSSR count). The van der Waals surface area contributed by atoms with Crippen LogP contribution in [0.5, 0.6) is 5.75 Å². The number of H-pyrrole nitrogens is 1. The van der Waals surface area contributed by atoms with Gasteiger partial charge in [0, 0.05) is 23.5 Å². The molecule has 4 heteroatoms. The highest BCUT2D eigenvalue weighted by Gasteiger charge is 2.20. The number of aromatic amines is 1. The Kier molecular flexibility index (Phi) is 5.30. The van der Waals surface area contributed by atoms with Crippen molar-refractivity contribution in [2.24, 2.45) is 5.73 Å². The fourth-order valence-electron chi connectivity index (χ4n) is 4.93. The summed E-state index contributed by atoms with van der Waals surface area (Å²) >= 11 is 0. The average molecular weight is 390 g/mol. The van der Waals surface area contributed by atoms with Crippen molar-refractivity contribution in [3.8, 4) is 5.75 Å². The molecule has 1 aliphatic carbocycles. The highest BCUT2D eigenvalue weighted by molar-refractivity contribution is 5.84. The number of ether oxygens (including phenoxy) is 1. The van der Waals surface area contributed by atoms with Gasteiger partial charge in [0.05, 0.1) is 5.69 Å². The van der Waals surface area contributed by atoms with E-state index in [9.17, 15) is 0 Å². The summed E-state index contributed by atoms with van der Waals surface area (Å²) in [4.78, 5) is 6.17. The lowest BCUT2D eigenvalue weighted by Gasteiger charge is -2.30. The number of nitrogens with one attached hydrogen (secondary N) is 1. The fourth-order valence-corrected chi connectivity index (χ4v) is 4.93. The first-order chi connectivity index (χ1) is 14.3. The van der Waals surface area contributed by atoms with Crippen molar-refractivity contribution in [2.45, 2.75) is 57.7 Å². The predicted molar refractivity (Wildman–Crippen MR) is 118 cm³/mol. The molecule has 0 spiro atoms. The van der Waals surface area contributed by atoms with Crippen LogP contribution in [0.1, 0.15) is 48.1 Å². The quantitative estimate of drug-likeness (QED) is 0.673. The molecule has 0 saturated carbocycles. The van der Waals surface area contributed by atoms with Gasteiger partial charge < -0.3 is 15.5 Å². The minimum absolute atomic E-state index is 0.362. The maximum absolute atomic E-state index is 6.40. The minimum atomic E-state index is 0.362. The van der Waals surface area contributed by atoms with Gasteiger partial charge in [0.25, 0.3) is 0 Å². The van der Waals surface area contributed by atoms with E-state index in [0.29, 0.717) is 12.6 Å². The number of rotatable bonds is 5. The van der Waals surface area contributed by atoms with Gasteiger partial charge in [0.2, 0.25) is 0 Å². The summed E-state index contributed by atoms with van der Waals surface area (Å²) in [7, 11) is 0. The van der Waals surface area contributed by atoms with Gasteiger partial charge in [-0.1, -0.05) is 30.3 Å². The van der Waals surface area contributed by atoms with Gasteiger partial charge >= 0.3 is 0 Å². The number of piperidine rings is 1. The first-order valence-electron chi connectivity index (χ1n) is 11.1. The molecule has 0 atom stereocenters. The number of hydrogen-bond acceptors (Lipinski definition) is 3. The summed E-state index contributed by atoms with van der Waals surface area (Å²) in [5, 5.41) is 1.32. The van der Waals surface area contributed by atoms with Crippen molar-refractivity contribution >= 4 is 10.9 Å². The summed E-state index contributed by atoms with van der Waals surface area (Å²) in [6, 6.07) is 15.5. The highest BCUT2D eigenvalue weighted by atomic mass is 16.5. The number of aromatic nitrogens is 1. The van der Waals surface area contributed by atoms with Crippen molar-refractivity contribution in [3.63, 3.8) is 0 Å². The van der Waals surface area contributed by atoms with Gasteiger partial charge in [-0.2, -0.15) is 0 Å². The highest BCUT2D eigenvalue weighted by Crippen LogP contribution is 2.31. The van der Waals surface area contributed by atoms with Crippen molar-refractivity contribution in [1.29, 1.82) is 0 Å². The predicted octanol–water partition coefficient (Wildman–Crippen LogP) is 4.55. The molecule has 0 amide bonds. The third-order valence-electron chi connectivity index (χ3n) is 6.64. The maximum Gasteiger partial charge on any atom is 0.128 e. The second-order valence-electron chi connectivity index (χ2n) is 8.63. The molecule has 1 fully saturated rings. The van der Waals surface area contributed by atoms with Crippen LogP contribution in [0.25, 0.3) is 10.9 Å². The standard InChI is InChI=1S/C25H31N3O/c26-19-12-14-28(15-13-19)16-22-21-9-3-4-10-23(21)27-24(22)17-29-25-11-5-7-18-6-1-2-8-20(18)25/h3-5,7,9-11,19,27H,1-2,6,8,12-17,26H2. The van der Waals surface area contributed by atoms with Crippen LogP contribution in [0.4, 0.5) is 0 Å². The monoisotopic (exact) mass is 389 g/mol. The molecule has 1 aromatic heterocycles. The normalized spacial score (nSPS) is 18.1.